The summed E-state index contributed by atoms with van der Waals surface area (Å²) in [4.78, 5) is 17.7. The lowest BCUT2D eigenvalue weighted by atomic mass is 10.2. The van der Waals surface area contributed by atoms with Gasteiger partial charge >= 0.3 is 6.61 Å². The highest BCUT2D eigenvalue weighted by atomic mass is 32.1. The van der Waals surface area contributed by atoms with Crippen LogP contribution in [0.1, 0.15) is 16.1 Å². The highest BCUT2D eigenvalue weighted by Crippen LogP contribution is 2.33. The molecule has 0 fully saturated rings. The van der Waals surface area contributed by atoms with Crippen molar-refractivity contribution in [2.45, 2.75) is 13.5 Å². The van der Waals surface area contributed by atoms with Gasteiger partial charge in [-0.15, -0.1) is 0 Å². The molecule has 128 valence electrons. The van der Waals surface area contributed by atoms with E-state index in [9.17, 15) is 13.6 Å². The Hall–Kier alpha value is -2.80. The Kier molecular flexibility index (Phi) is 5.04. The molecule has 0 atom stereocenters. The van der Waals surface area contributed by atoms with Crippen molar-refractivity contribution < 1.29 is 18.3 Å². The summed E-state index contributed by atoms with van der Waals surface area (Å²) >= 11 is 1.32. The molecule has 0 aliphatic rings. The fraction of sp³-hybridized carbons (Fsp3) is 0.111. The number of nitrogens with zero attached hydrogens (tertiary/aromatic N) is 1. The Morgan fingerprint density at radius 2 is 1.80 bits per heavy atom. The Morgan fingerprint density at radius 3 is 2.52 bits per heavy atom. The van der Waals surface area contributed by atoms with Crippen LogP contribution in [-0.4, -0.2) is 17.5 Å². The number of para-hydroxylation sites is 1. The van der Waals surface area contributed by atoms with Crippen molar-refractivity contribution in [1.29, 1.82) is 0 Å². The number of carbonyl (C=O) groups is 1. The fourth-order valence-corrected chi connectivity index (χ4v) is 3.29. The van der Waals surface area contributed by atoms with Gasteiger partial charge in [0, 0.05) is 0 Å². The molecule has 0 saturated carbocycles. The number of benzene rings is 2. The number of thiazole rings is 1. The Labute approximate surface area is 147 Å². The number of nitrogens with one attached hydrogen (secondary N) is 1. The van der Waals surface area contributed by atoms with Gasteiger partial charge in [-0.3, -0.25) is 10.1 Å². The van der Waals surface area contributed by atoms with E-state index in [1.54, 1.807) is 6.07 Å². The zero-order valence-corrected chi connectivity index (χ0v) is 14.0. The number of alkyl halides is 2. The van der Waals surface area contributed by atoms with Crippen LogP contribution < -0.4 is 10.1 Å². The molecule has 3 aromatic rings. The highest BCUT2D eigenvalue weighted by Gasteiger charge is 2.17. The van der Waals surface area contributed by atoms with E-state index >= 15 is 0 Å². The molecule has 3 rings (SSSR count). The molecule has 1 aromatic heterocycles. The third kappa shape index (κ3) is 4.00. The molecule has 0 unspecified atom stereocenters. The summed E-state index contributed by atoms with van der Waals surface area (Å²) in [5, 5.41) is 3.04. The van der Waals surface area contributed by atoms with Crippen LogP contribution in [0.5, 0.6) is 5.75 Å². The number of aryl methyl sites for hydroxylation is 1. The van der Waals surface area contributed by atoms with Gasteiger partial charge in [-0.2, -0.15) is 8.78 Å². The summed E-state index contributed by atoms with van der Waals surface area (Å²) in [6.45, 7) is -1.15. The first kappa shape index (κ1) is 17.0. The number of carbonyl (C=O) groups excluding carboxylic acids is 1. The number of hydrogen-bond acceptors (Lipinski definition) is 4. The lowest BCUT2D eigenvalue weighted by Gasteiger charge is -2.09. The second-order valence-corrected chi connectivity index (χ2v) is 6.13. The molecule has 25 heavy (non-hydrogen) atoms. The van der Waals surface area contributed by atoms with Gasteiger partial charge in [-0.25, -0.2) is 4.98 Å². The standard InChI is InChI=1S/C18H14F2N2O2S/c1-11-15(12-7-3-2-4-8-12)25-18(21-11)22-16(23)13-9-5-6-10-14(13)24-17(19)20/h2-10,17H,1H3,(H,21,22,23). The van der Waals surface area contributed by atoms with Gasteiger partial charge in [0.15, 0.2) is 5.13 Å². The molecule has 1 amide bonds. The van der Waals surface area contributed by atoms with E-state index in [1.165, 1.54) is 29.5 Å². The molecule has 1 heterocycles. The molecular weight excluding hydrogens is 346 g/mol. The summed E-state index contributed by atoms with van der Waals surface area (Å²) in [6.07, 6.45) is 0. The van der Waals surface area contributed by atoms with Crippen LogP contribution >= 0.6 is 11.3 Å². The topological polar surface area (TPSA) is 51.2 Å². The van der Waals surface area contributed by atoms with Crippen molar-refractivity contribution in [3.8, 4) is 16.2 Å². The SMILES string of the molecule is Cc1nc(NC(=O)c2ccccc2OC(F)F)sc1-c1ccccc1. The van der Waals surface area contributed by atoms with E-state index in [2.05, 4.69) is 15.0 Å². The normalized spacial score (nSPS) is 10.7. The maximum atomic E-state index is 12.5. The van der Waals surface area contributed by atoms with E-state index in [1.807, 2.05) is 37.3 Å². The maximum Gasteiger partial charge on any atom is 0.387 e. The minimum atomic E-state index is -3.00. The first-order valence-corrected chi connectivity index (χ1v) is 8.24. The van der Waals surface area contributed by atoms with E-state index in [-0.39, 0.29) is 11.3 Å². The van der Waals surface area contributed by atoms with Gasteiger partial charge in [0.1, 0.15) is 5.75 Å². The quantitative estimate of drug-likeness (QED) is 0.699. The van der Waals surface area contributed by atoms with Crippen LogP contribution in [0.15, 0.2) is 54.6 Å². The number of amides is 1. The van der Waals surface area contributed by atoms with Gasteiger partial charge in [-0.1, -0.05) is 53.8 Å². The van der Waals surface area contributed by atoms with E-state index < -0.39 is 12.5 Å². The average molecular weight is 360 g/mol. The van der Waals surface area contributed by atoms with Gasteiger partial charge in [0.25, 0.3) is 5.91 Å². The van der Waals surface area contributed by atoms with Crippen LogP contribution in [0.2, 0.25) is 0 Å². The van der Waals surface area contributed by atoms with Gasteiger partial charge in [0.2, 0.25) is 0 Å². The van der Waals surface area contributed by atoms with Crippen molar-refractivity contribution in [3.05, 3.63) is 65.9 Å². The summed E-state index contributed by atoms with van der Waals surface area (Å²) < 4.78 is 29.3. The molecular formula is C18H14F2N2O2S. The number of halogens is 2. The number of aromatic nitrogens is 1. The average Bonchev–Trinajstić information content (AvgIpc) is 2.96. The zero-order valence-electron chi connectivity index (χ0n) is 13.2. The molecule has 1 N–H and O–H groups in total. The number of hydrogen-bond donors (Lipinski definition) is 1. The first-order valence-electron chi connectivity index (χ1n) is 7.42. The third-order valence-electron chi connectivity index (χ3n) is 3.40. The maximum absolute atomic E-state index is 12.5. The molecule has 0 radical (unpaired) electrons. The van der Waals surface area contributed by atoms with Crippen LogP contribution in [0, 0.1) is 6.92 Å². The van der Waals surface area contributed by atoms with Gasteiger partial charge in [-0.05, 0) is 24.6 Å². The second-order valence-electron chi connectivity index (χ2n) is 5.13. The molecule has 4 nitrogen and oxygen atoms in total. The Bertz CT molecular complexity index is 882. The lowest BCUT2D eigenvalue weighted by Crippen LogP contribution is -2.14. The largest absolute Gasteiger partial charge is 0.434 e. The smallest absolute Gasteiger partial charge is 0.387 e. The number of ether oxygens (including phenoxy) is 1. The van der Waals surface area contributed by atoms with Gasteiger partial charge < -0.3 is 4.74 Å². The van der Waals surface area contributed by atoms with Crippen LogP contribution in [0.25, 0.3) is 10.4 Å². The monoisotopic (exact) mass is 360 g/mol. The van der Waals surface area contributed by atoms with E-state index in [4.69, 9.17) is 0 Å². The van der Waals surface area contributed by atoms with E-state index in [0.29, 0.717) is 5.13 Å². The second kappa shape index (κ2) is 7.40. The molecule has 0 aliphatic heterocycles. The van der Waals surface area contributed by atoms with Crippen molar-refractivity contribution in [2.24, 2.45) is 0 Å². The number of anilines is 1. The van der Waals surface area contributed by atoms with Crippen LogP contribution in [-0.2, 0) is 0 Å². The third-order valence-corrected chi connectivity index (χ3v) is 4.52. The minimum Gasteiger partial charge on any atom is -0.434 e. The van der Waals surface area contributed by atoms with Crippen molar-refractivity contribution in [1.82, 2.24) is 4.98 Å². The predicted octanol–water partition coefficient (Wildman–Crippen LogP) is 4.97. The summed E-state index contributed by atoms with van der Waals surface area (Å²) in [5.41, 5.74) is 1.81. The van der Waals surface area contributed by atoms with Crippen LogP contribution in [0.4, 0.5) is 13.9 Å². The molecule has 7 heteroatoms. The summed E-state index contributed by atoms with van der Waals surface area (Å²) in [5.74, 6) is -0.726. The van der Waals surface area contributed by atoms with Crippen molar-refractivity contribution in [2.75, 3.05) is 5.32 Å². The number of rotatable bonds is 5. The van der Waals surface area contributed by atoms with Crippen molar-refractivity contribution >= 4 is 22.4 Å². The molecule has 0 bridgehead atoms. The molecule has 0 spiro atoms. The minimum absolute atomic E-state index is 0.0249. The summed E-state index contributed by atoms with van der Waals surface area (Å²) in [6, 6.07) is 15.5. The zero-order chi connectivity index (χ0) is 17.8. The fourth-order valence-electron chi connectivity index (χ4n) is 2.32. The van der Waals surface area contributed by atoms with E-state index in [0.717, 1.165) is 16.1 Å². The van der Waals surface area contributed by atoms with Crippen LogP contribution in [0.3, 0.4) is 0 Å². The predicted molar refractivity (Wildman–Crippen MR) is 93.3 cm³/mol. The Morgan fingerprint density at radius 1 is 1.12 bits per heavy atom. The molecule has 2 aromatic carbocycles. The molecule has 0 aliphatic carbocycles. The first-order chi connectivity index (χ1) is 12.0. The molecule has 0 saturated heterocycles. The summed E-state index contributed by atoms with van der Waals surface area (Å²) in [7, 11) is 0. The Balaban J connectivity index is 1.83. The van der Waals surface area contributed by atoms with Crippen molar-refractivity contribution in [3.63, 3.8) is 0 Å². The highest BCUT2D eigenvalue weighted by molar-refractivity contribution is 7.19. The van der Waals surface area contributed by atoms with Gasteiger partial charge in [0.05, 0.1) is 16.1 Å². The lowest BCUT2D eigenvalue weighted by molar-refractivity contribution is -0.0501.